The molecular weight excluding hydrogens is 246 g/mol. The van der Waals surface area contributed by atoms with Crippen LogP contribution in [0, 0.1) is 0 Å². The lowest BCUT2D eigenvalue weighted by atomic mass is 10.2. The van der Waals surface area contributed by atoms with Crippen molar-refractivity contribution in [3.63, 3.8) is 0 Å². The van der Waals surface area contributed by atoms with Crippen molar-refractivity contribution in [2.24, 2.45) is 5.73 Å². The van der Waals surface area contributed by atoms with E-state index in [4.69, 9.17) is 10.5 Å². The number of rotatable bonds is 3. The van der Waals surface area contributed by atoms with Gasteiger partial charge in [-0.05, 0) is 28.8 Å². The summed E-state index contributed by atoms with van der Waals surface area (Å²) >= 11 is 3.36. The second-order valence-corrected chi connectivity index (χ2v) is 4.49. The molecule has 2 atom stereocenters. The average molecular weight is 260 g/mol. The molecular formula is C9H14BrN3O. The Kier molecular flexibility index (Phi) is 3.20. The first-order chi connectivity index (χ1) is 6.78. The van der Waals surface area contributed by atoms with Crippen molar-refractivity contribution < 1.29 is 4.74 Å². The number of nitrogens with zero attached hydrogens (tertiary/aromatic N) is 2. The Morgan fingerprint density at radius 2 is 2.36 bits per heavy atom. The maximum atomic E-state index is 5.72. The van der Waals surface area contributed by atoms with E-state index in [1.54, 1.807) is 6.20 Å². The van der Waals surface area contributed by atoms with E-state index >= 15 is 0 Å². The van der Waals surface area contributed by atoms with E-state index in [2.05, 4.69) is 21.0 Å². The summed E-state index contributed by atoms with van der Waals surface area (Å²) in [6, 6.07) is 0. The van der Waals surface area contributed by atoms with Crippen LogP contribution in [-0.2, 0) is 11.3 Å². The minimum Gasteiger partial charge on any atom is -0.372 e. The Labute approximate surface area is 91.5 Å². The van der Waals surface area contributed by atoms with E-state index in [0.717, 1.165) is 23.9 Å². The van der Waals surface area contributed by atoms with E-state index in [-0.39, 0.29) is 12.2 Å². The van der Waals surface area contributed by atoms with Crippen LogP contribution in [0.4, 0.5) is 0 Å². The standard InChI is InChI=1S/C9H14BrN3O/c10-7-4-12-13(5-7)6-9-2-1-8(3-11)14-9/h4-5,8-9H,1-3,6,11H2. The zero-order chi connectivity index (χ0) is 9.97. The molecule has 0 bridgehead atoms. The van der Waals surface area contributed by atoms with Crippen LogP contribution in [0.25, 0.3) is 0 Å². The lowest BCUT2D eigenvalue weighted by molar-refractivity contribution is 0.0385. The van der Waals surface area contributed by atoms with Crippen LogP contribution in [0.5, 0.6) is 0 Å². The molecule has 0 spiro atoms. The summed E-state index contributed by atoms with van der Waals surface area (Å²) in [6.45, 7) is 1.45. The minimum atomic E-state index is 0.249. The molecule has 78 valence electrons. The maximum absolute atomic E-state index is 5.72. The number of nitrogens with two attached hydrogens (primary N) is 1. The molecule has 0 aromatic carbocycles. The van der Waals surface area contributed by atoms with Gasteiger partial charge in [0.05, 0.1) is 29.4 Å². The van der Waals surface area contributed by atoms with Crippen molar-refractivity contribution in [3.05, 3.63) is 16.9 Å². The first-order valence-corrected chi connectivity index (χ1v) is 5.60. The molecule has 1 aromatic rings. The van der Waals surface area contributed by atoms with Gasteiger partial charge in [0.2, 0.25) is 0 Å². The van der Waals surface area contributed by atoms with Crippen LogP contribution in [0.3, 0.4) is 0 Å². The minimum absolute atomic E-state index is 0.249. The second kappa shape index (κ2) is 4.42. The SMILES string of the molecule is NCC1CCC(Cn2cc(Br)cn2)O1. The number of aromatic nitrogens is 2. The van der Waals surface area contributed by atoms with E-state index in [1.807, 2.05) is 10.9 Å². The summed E-state index contributed by atoms with van der Waals surface area (Å²) in [6.07, 6.45) is 6.42. The summed E-state index contributed by atoms with van der Waals surface area (Å²) < 4.78 is 8.62. The molecule has 1 aliphatic heterocycles. The van der Waals surface area contributed by atoms with E-state index < -0.39 is 0 Å². The van der Waals surface area contributed by atoms with Gasteiger partial charge in [-0.15, -0.1) is 0 Å². The van der Waals surface area contributed by atoms with Gasteiger partial charge in [-0.2, -0.15) is 5.10 Å². The molecule has 4 nitrogen and oxygen atoms in total. The quantitative estimate of drug-likeness (QED) is 0.887. The van der Waals surface area contributed by atoms with Crippen LogP contribution in [0.1, 0.15) is 12.8 Å². The van der Waals surface area contributed by atoms with Crippen LogP contribution in [0.15, 0.2) is 16.9 Å². The molecule has 2 heterocycles. The maximum Gasteiger partial charge on any atom is 0.0776 e. The van der Waals surface area contributed by atoms with Crippen LogP contribution in [0.2, 0.25) is 0 Å². The fraction of sp³-hybridized carbons (Fsp3) is 0.667. The molecule has 1 saturated heterocycles. The number of halogens is 1. The highest BCUT2D eigenvalue weighted by Crippen LogP contribution is 2.20. The highest BCUT2D eigenvalue weighted by atomic mass is 79.9. The van der Waals surface area contributed by atoms with Gasteiger partial charge < -0.3 is 10.5 Å². The predicted molar refractivity (Wildman–Crippen MR) is 56.9 cm³/mol. The average Bonchev–Trinajstić information content (AvgIpc) is 2.76. The third kappa shape index (κ3) is 2.34. The summed E-state index contributed by atoms with van der Waals surface area (Å²) in [5.41, 5.74) is 5.54. The molecule has 2 N–H and O–H groups in total. The smallest absolute Gasteiger partial charge is 0.0776 e. The lowest BCUT2D eigenvalue weighted by Gasteiger charge is -2.11. The number of ether oxygens (including phenoxy) is 1. The van der Waals surface area contributed by atoms with Crippen molar-refractivity contribution in [1.29, 1.82) is 0 Å². The number of hydrogen-bond acceptors (Lipinski definition) is 3. The van der Waals surface area contributed by atoms with Gasteiger partial charge in [0, 0.05) is 12.7 Å². The second-order valence-electron chi connectivity index (χ2n) is 3.57. The van der Waals surface area contributed by atoms with Crippen molar-refractivity contribution in [1.82, 2.24) is 9.78 Å². The Morgan fingerprint density at radius 1 is 1.57 bits per heavy atom. The van der Waals surface area contributed by atoms with Gasteiger partial charge >= 0.3 is 0 Å². The highest BCUT2D eigenvalue weighted by Gasteiger charge is 2.24. The number of hydrogen-bond donors (Lipinski definition) is 1. The van der Waals surface area contributed by atoms with Crippen molar-refractivity contribution in [2.75, 3.05) is 6.54 Å². The largest absolute Gasteiger partial charge is 0.372 e. The fourth-order valence-electron chi connectivity index (χ4n) is 1.73. The van der Waals surface area contributed by atoms with E-state index in [1.165, 1.54) is 0 Å². The van der Waals surface area contributed by atoms with E-state index in [9.17, 15) is 0 Å². The molecule has 0 saturated carbocycles. The van der Waals surface area contributed by atoms with Gasteiger partial charge in [0.15, 0.2) is 0 Å². The van der Waals surface area contributed by atoms with Gasteiger partial charge in [-0.1, -0.05) is 0 Å². The third-order valence-electron chi connectivity index (χ3n) is 2.45. The zero-order valence-corrected chi connectivity index (χ0v) is 9.48. The van der Waals surface area contributed by atoms with Crippen molar-refractivity contribution in [3.8, 4) is 0 Å². The van der Waals surface area contributed by atoms with Gasteiger partial charge in [0.1, 0.15) is 0 Å². The zero-order valence-electron chi connectivity index (χ0n) is 7.90. The molecule has 1 fully saturated rings. The predicted octanol–water partition coefficient (Wildman–Crippen LogP) is 1.15. The Balaban J connectivity index is 1.87. The monoisotopic (exact) mass is 259 g/mol. The molecule has 0 amide bonds. The molecule has 1 aliphatic rings. The third-order valence-corrected chi connectivity index (χ3v) is 2.86. The van der Waals surface area contributed by atoms with Crippen LogP contribution in [-0.4, -0.2) is 28.5 Å². The summed E-state index contributed by atoms with van der Waals surface area (Å²) in [5, 5.41) is 4.19. The topological polar surface area (TPSA) is 53.1 Å². The molecule has 1 aromatic heterocycles. The van der Waals surface area contributed by atoms with Gasteiger partial charge in [-0.3, -0.25) is 4.68 Å². The molecule has 2 unspecified atom stereocenters. The Morgan fingerprint density at radius 3 is 2.93 bits per heavy atom. The Bertz CT molecular complexity index is 302. The summed E-state index contributed by atoms with van der Waals surface area (Å²) in [5.74, 6) is 0. The lowest BCUT2D eigenvalue weighted by Crippen LogP contribution is -2.22. The summed E-state index contributed by atoms with van der Waals surface area (Å²) in [4.78, 5) is 0. The summed E-state index contributed by atoms with van der Waals surface area (Å²) in [7, 11) is 0. The fourth-order valence-corrected chi connectivity index (χ4v) is 2.06. The molecule has 5 heteroatoms. The molecule has 14 heavy (non-hydrogen) atoms. The molecule has 2 rings (SSSR count). The highest BCUT2D eigenvalue weighted by molar-refractivity contribution is 9.10. The first kappa shape index (κ1) is 10.1. The van der Waals surface area contributed by atoms with Gasteiger partial charge in [-0.25, -0.2) is 0 Å². The Hall–Kier alpha value is -0.390. The van der Waals surface area contributed by atoms with E-state index in [0.29, 0.717) is 6.54 Å². The molecule has 0 aliphatic carbocycles. The van der Waals surface area contributed by atoms with Crippen LogP contribution >= 0.6 is 15.9 Å². The first-order valence-electron chi connectivity index (χ1n) is 4.81. The van der Waals surface area contributed by atoms with Crippen molar-refractivity contribution in [2.45, 2.75) is 31.6 Å². The normalized spacial score (nSPS) is 27.0. The molecule has 0 radical (unpaired) electrons. The van der Waals surface area contributed by atoms with Gasteiger partial charge in [0.25, 0.3) is 0 Å². The van der Waals surface area contributed by atoms with Crippen molar-refractivity contribution >= 4 is 15.9 Å². The van der Waals surface area contributed by atoms with Crippen LogP contribution < -0.4 is 5.73 Å².